The van der Waals surface area contributed by atoms with Crippen LogP contribution < -0.4 is 0 Å². The third kappa shape index (κ3) is 23.2. The second-order valence-corrected chi connectivity index (χ2v) is 16.6. The number of hydrogen-bond donors (Lipinski definition) is 7. The summed E-state index contributed by atoms with van der Waals surface area (Å²) in [5.41, 5.74) is 0. The van der Waals surface area contributed by atoms with Crippen molar-refractivity contribution in [2.24, 2.45) is 0 Å². The summed E-state index contributed by atoms with van der Waals surface area (Å²) in [6.45, 7) is 3.61. The first-order chi connectivity index (χ1) is 29.1. The van der Waals surface area contributed by atoms with Gasteiger partial charge in [0, 0.05) is 13.0 Å². The van der Waals surface area contributed by atoms with Gasteiger partial charge in [0.15, 0.2) is 12.6 Å². The summed E-state index contributed by atoms with van der Waals surface area (Å²) in [7, 11) is 0. The number of carbonyl (C=O) groups is 1. The lowest BCUT2D eigenvalue weighted by atomic mass is 9.98. The molecule has 11 atom stereocenters. The molecule has 11 unspecified atom stereocenters. The zero-order valence-corrected chi connectivity index (χ0v) is 36.9. The van der Waals surface area contributed by atoms with Gasteiger partial charge in [-0.05, 0) is 44.9 Å². The van der Waals surface area contributed by atoms with E-state index < -0.39 is 80.7 Å². The second kappa shape index (κ2) is 34.9. The van der Waals surface area contributed by atoms with Crippen LogP contribution >= 0.6 is 0 Å². The van der Waals surface area contributed by atoms with Crippen LogP contribution in [0.3, 0.4) is 0 Å². The Hall–Kier alpha value is -1.53. The van der Waals surface area contributed by atoms with Gasteiger partial charge in [0.25, 0.3) is 0 Å². The van der Waals surface area contributed by atoms with Crippen LogP contribution in [-0.4, -0.2) is 142 Å². The molecule has 2 heterocycles. The van der Waals surface area contributed by atoms with Crippen molar-refractivity contribution >= 4 is 5.97 Å². The molecule has 0 spiro atoms. The van der Waals surface area contributed by atoms with Gasteiger partial charge in [0.2, 0.25) is 0 Å². The molecule has 0 saturated carbocycles. The maximum atomic E-state index is 12.9. The van der Waals surface area contributed by atoms with Gasteiger partial charge in [-0.15, -0.1) is 0 Å². The second-order valence-electron chi connectivity index (χ2n) is 16.6. The number of rotatable bonds is 36. The summed E-state index contributed by atoms with van der Waals surface area (Å²) < 4.78 is 34.1. The number of carbonyl (C=O) groups excluding carboxylic acids is 1. The molecule has 14 heteroatoms. The standard InChI is InChI=1S/C46H84O14/c1-3-5-7-9-11-13-15-16-17-18-19-20-22-24-26-28-30-55-32-35(58-38(48)29-27-25-23-21-14-12-10-8-6-4-2)33-56-45-44(54)42(52)40(50)37(60-45)34-57-46-43(53)41(51)39(49)36(31-47)59-46/h11,13,16-17,35-37,39-47,49-54H,3-10,12,14-15,18-34H2,1-2H3/b13-11-,17-16-. The molecule has 0 aromatic rings. The highest BCUT2D eigenvalue weighted by Gasteiger charge is 2.47. The SMILES string of the molecule is CCCCC/C=C\C/C=C\CCCCCCCCOCC(COC1OC(COC2OC(CO)C(O)C(O)C2O)C(O)C(O)C1O)OC(=O)CCCCCCCCCCCC. The van der Waals surface area contributed by atoms with E-state index in [9.17, 15) is 40.5 Å². The van der Waals surface area contributed by atoms with Gasteiger partial charge in [0.05, 0.1) is 26.4 Å². The Balaban J connectivity index is 1.80. The minimum absolute atomic E-state index is 0.0572. The summed E-state index contributed by atoms with van der Waals surface area (Å²) in [5, 5.41) is 71.9. The lowest BCUT2D eigenvalue weighted by molar-refractivity contribution is -0.332. The molecule has 0 aliphatic carbocycles. The molecule has 0 bridgehead atoms. The molecule has 2 fully saturated rings. The molecule has 2 saturated heterocycles. The van der Waals surface area contributed by atoms with Crippen molar-refractivity contribution in [1.29, 1.82) is 0 Å². The molecule has 0 amide bonds. The molecule has 2 aliphatic rings. The molecule has 0 radical (unpaired) electrons. The fraction of sp³-hybridized carbons (Fsp3) is 0.891. The largest absolute Gasteiger partial charge is 0.457 e. The van der Waals surface area contributed by atoms with E-state index in [-0.39, 0.29) is 25.6 Å². The smallest absolute Gasteiger partial charge is 0.306 e. The van der Waals surface area contributed by atoms with E-state index in [0.29, 0.717) is 13.0 Å². The maximum absolute atomic E-state index is 12.9. The van der Waals surface area contributed by atoms with Crippen molar-refractivity contribution in [3.05, 3.63) is 24.3 Å². The Morgan fingerprint density at radius 1 is 0.550 bits per heavy atom. The van der Waals surface area contributed by atoms with Crippen molar-refractivity contribution in [1.82, 2.24) is 0 Å². The van der Waals surface area contributed by atoms with Crippen molar-refractivity contribution in [2.45, 2.75) is 229 Å². The van der Waals surface area contributed by atoms with Crippen LogP contribution in [0.15, 0.2) is 24.3 Å². The van der Waals surface area contributed by atoms with Crippen LogP contribution in [0.5, 0.6) is 0 Å². The number of aliphatic hydroxyl groups excluding tert-OH is 7. The van der Waals surface area contributed by atoms with E-state index in [1.54, 1.807) is 0 Å². The van der Waals surface area contributed by atoms with E-state index in [2.05, 4.69) is 38.2 Å². The first kappa shape index (κ1) is 54.6. The minimum Gasteiger partial charge on any atom is -0.457 e. The van der Waals surface area contributed by atoms with E-state index in [0.717, 1.165) is 57.8 Å². The van der Waals surface area contributed by atoms with Gasteiger partial charge in [0.1, 0.15) is 54.9 Å². The monoisotopic (exact) mass is 861 g/mol. The Kier molecular flexibility index (Phi) is 31.8. The number of unbranched alkanes of at least 4 members (excludes halogenated alkanes) is 18. The average Bonchev–Trinajstić information content (AvgIpc) is 3.24. The molecule has 14 nitrogen and oxygen atoms in total. The van der Waals surface area contributed by atoms with E-state index in [4.69, 9.17) is 28.4 Å². The normalized spacial score (nSPS) is 27.9. The third-order valence-corrected chi connectivity index (χ3v) is 11.2. The Labute approximate surface area is 360 Å². The van der Waals surface area contributed by atoms with Crippen molar-refractivity contribution in [3.63, 3.8) is 0 Å². The maximum Gasteiger partial charge on any atom is 0.306 e. The molecule has 7 N–H and O–H groups in total. The Morgan fingerprint density at radius 3 is 1.63 bits per heavy atom. The zero-order valence-electron chi connectivity index (χ0n) is 36.9. The summed E-state index contributed by atoms with van der Waals surface area (Å²) in [4.78, 5) is 12.9. The number of allylic oxidation sites excluding steroid dienone is 4. The van der Waals surface area contributed by atoms with Gasteiger partial charge in [-0.25, -0.2) is 0 Å². The highest BCUT2D eigenvalue weighted by Crippen LogP contribution is 2.26. The first-order valence-electron chi connectivity index (χ1n) is 23.4. The molecule has 2 rings (SSSR count). The highest BCUT2D eigenvalue weighted by molar-refractivity contribution is 5.69. The van der Waals surface area contributed by atoms with Crippen LogP contribution in [0.4, 0.5) is 0 Å². The molecule has 2 aliphatic heterocycles. The van der Waals surface area contributed by atoms with Crippen molar-refractivity contribution in [3.8, 4) is 0 Å². The van der Waals surface area contributed by atoms with Gasteiger partial charge >= 0.3 is 5.97 Å². The van der Waals surface area contributed by atoms with Crippen LogP contribution in [-0.2, 0) is 33.2 Å². The minimum atomic E-state index is -1.70. The van der Waals surface area contributed by atoms with Gasteiger partial charge in [-0.1, -0.05) is 134 Å². The predicted molar refractivity (Wildman–Crippen MR) is 229 cm³/mol. The predicted octanol–water partition coefficient (Wildman–Crippen LogP) is 5.68. The van der Waals surface area contributed by atoms with Crippen LogP contribution in [0.25, 0.3) is 0 Å². The summed E-state index contributed by atoms with van der Waals surface area (Å²) in [5.74, 6) is -0.383. The van der Waals surface area contributed by atoms with Crippen LogP contribution in [0, 0.1) is 0 Å². The quantitative estimate of drug-likeness (QED) is 0.0230. The van der Waals surface area contributed by atoms with Gasteiger partial charge in [-0.2, -0.15) is 0 Å². The van der Waals surface area contributed by atoms with Crippen LogP contribution in [0.2, 0.25) is 0 Å². The number of aliphatic hydroxyl groups is 7. The Bertz CT molecular complexity index is 1090. The van der Waals surface area contributed by atoms with Crippen molar-refractivity contribution in [2.75, 3.05) is 33.0 Å². The van der Waals surface area contributed by atoms with E-state index >= 15 is 0 Å². The molecule has 0 aromatic carbocycles. The summed E-state index contributed by atoms with van der Waals surface area (Å²) in [6.07, 6.45) is 18.2. The average molecular weight is 861 g/mol. The first-order valence-corrected chi connectivity index (χ1v) is 23.4. The lowest BCUT2D eigenvalue weighted by Crippen LogP contribution is -2.61. The zero-order chi connectivity index (χ0) is 43.8. The van der Waals surface area contributed by atoms with Gasteiger partial charge in [-0.3, -0.25) is 4.79 Å². The molecular formula is C46H84O14. The summed E-state index contributed by atoms with van der Waals surface area (Å²) in [6, 6.07) is 0. The molecule has 60 heavy (non-hydrogen) atoms. The third-order valence-electron chi connectivity index (χ3n) is 11.2. The fourth-order valence-corrected chi connectivity index (χ4v) is 7.31. The summed E-state index contributed by atoms with van der Waals surface area (Å²) >= 11 is 0. The Morgan fingerprint density at radius 2 is 1.03 bits per heavy atom. The van der Waals surface area contributed by atoms with Gasteiger partial charge < -0.3 is 64.2 Å². The molecule has 0 aromatic heterocycles. The number of esters is 1. The van der Waals surface area contributed by atoms with Crippen LogP contribution in [0.1, 0.15) is 162 Å². The molecule has 352 valence electrons. The number of hydrogen-bond acceptors (Lipinski definition) is 14. The topological polar surface area (TPSA) is 214 Å². The van der Waals surface area contributed by atoms with E-state index in [1.165, 1.54) is 77.0 Å². The fourth-order valence-electron chi connectivity index (χ4n) is 7.31. The molecular weight excluding hydrogens is 776 g/mol. The number of ether oxygens (including phenoxy) is 6. The highest BCUT2D eigenvalue weighted by atomic mass is 16.7. The lowest BCUT2D eigenvalue weighted by Gasteiger charge is -2.42. The van der Waals surface area contributed by atoms with E-state index in [1.807, 2.05) is 0 Å². The van der Waals surface area contributed by atoms with Crippen molar-refractivity contribution < 1.29 is 69.0 Å².